The third-order valence-electron chi connectivity index (χ3n) is 5.70. The van der Waals surface area contributed by atoms with E-state index in [1.54, 1.807) is 6.92 Å². The quantitative estimate of drug-likeness (QED) is 0.830. The number of hydrogen-bond donors (Lipinski definition) is 0. The minimum atomic E-state index is 0.0266. The predicted octanol–water partition coefficient (Wildman–Crippen LogP) is 3.61. The average Bonchev–Trinajstić information content (AvgIpc) is 2.96. The molecule has 0 aliphatic carbocycles. The van der Waals surface area contributed by atoms with Gasteiger partial charge in [0.1, 0.15) is 23.4 Å². The first-order valence-electron chi connectivity index (χ1n) is 9.86. The number of likely N-dealkylation sites (tertiary alicyclic amines) is 1. The second-order valence-corrected chi connectivity index (χ2v) is 7.81. The first kappa shape index (κ1) is 18.1. The summed E-state index contributed by atoms with van der Waals surface area (Å²) in [6, 6.07) is 12.2. The zero-order valence-corrected chi connectivity index (χ0v) is 16.2. The summed E-state index contributed by atoms with van der Waals surface area (Å²) >= 11 is 0. The predicted molar refractivity (Wildman–Crippen MR) is 103 cm³/mol. The molecule has 1 saturated heterocycles. The molecule has 0 N–H and O–H groups in total. The SMILES string of the molecule is CC(=O)N1Cc2ccccc2O[C@@H]([C@H]2CCCN(Cc3ccc(C)o3)C2)C1. The summed E-state index contributed by atoms with van der Waals surface area (Å²) in [6.45, 7) is 7.80. The van der Waals surface area contributed by atoms with Gasteiger partial charge in [-0.1, -0.05) is 18.2 Å². The largest absolute Gasteiger partial charge is 0.488 e. The third kappa shape index (κ3) is 4.19. The summed E-state index contributed by atoms with van der Waals surface area (Å²) in [5.41, 5.74) is 1.09. The molecular formula is C22H28N2O3. The minimum absolute atomic E-state index is 0.0266. The van der Waals surface area contributed by atoms with Crippen molar-refractivity contribution in [3.63, 3.8) is 0 Å². The number of piperidine rings is 1. The number of furan rings is 1. The third-order valence-corrected chi connectivity index (χ3v) is 5.70. The number of amides is 1. The number of para-hydroxylation sites is 1. The molecule has 4 rings (SSSR count). The Morgan fingerprint density at radius 2 is 2.04 bits per heavy atom. The Kier molecular flexibility index (Phi) is 5.21. The van der Waals surface area contributed by atoms with Crippen LogP contribution < -0.4 is 4.74 Å². The molecule has 0 bridgehead atoms. The molecule has 1 aromatic heterocycles. The number of ether oxygens (including phenoxy) is 1. The van der Waals surface area contributed by atoms with E-state index in [1.165, 1.54) is 0 Å². The van der Waals surface area contributed by atoms with E-state index in [-0.39, 0.29) is 12.0 Å². The highest BCUT2D eigenvalue weighted by Crippen LogP contribution is 2.31. The number of carbonyl (C=O) groups is 1. The van der Waals surface area contributed by atoms with Crippen LogP contribution in [0.2, 0.25) is 0 Å². The second kappa shape index (κ2) is 7.77. The number of hydrogen-bond acceptors (Lipinski definition) is 4. The molecule has 5 nitrogen and oxygen atoms in total. The van der Waals surface area contributed by atoms with Crippen molar-refractivity contribution in [2.75, 3.05) is 19.6 Å². The molecule has 1 fully saturated rings. The summed E-state index contributed by atoms with van der Waals surface area (Å²) in [7, 11) is 0. The Labute approximate surface area is 160 Å². The van der Waals surface area contributed by atoms with E-state index in [1.807, 2.05) is 36.1 Å². The fourth-order valence-corrected chi connectivity index (χ4v) is 4.25. The average molecular weight is 368 g/mol. The van der Waals surface area contributed by atoms with Crippen LogP contribution in [0, 0.1) is 12.8 Å². The fourth-order valence-electron chi connectivity index (χ4n) is 4.25. The molecule has 27 heavy (non-hydrogen) atoms. The van der Waals surface area contributed by atoms with Gasteiger partial charge in [0.05, 0.1) is 13.1 Å². The molecule has 2 aromatic rings. The molecule has 0 spiro atoms. The summed E-state index contributed by atoms with van der Waals surface area (Å²) in [6.07, 6.45) is 2.30. The molecule has 1 amide bonds. The lowest BCUT2D eigenvalue weighted by Gasteiger charge is -2.37. The van der Waals surface area contributed by atoms with Crippen LogP contribution in [0.5, 0.6) is 5.75 Å². The number of benzene rings is 1. The van der Waals surface area contributed by atoms with Crippen LogP contribution in [0.15, 0.2) is 40.8 Å². The summed E-state index contributed by atoms with van der Waals surface area (Å²) in [4.78, 5) is 16.5. The number of nitrogens with zero attached hydrogens (tertiary/aromatic N) is 2. The molecule has 144 valence electrons. The first-order valence-corrected chi connectivity index (χ1v) is 9.86. The van der Waals surface area contributed by atoms with Crippen LogP contribution in [-0.2, 0) is 17.9 Å². The second-order valence-electron chi connectivity index (χ2n) is 7.81. The molecule has 3 heterocycles. The van der Waals surface area contributed by atoms with Gasteiger partial charge in [-0.2, -0.15) is 0 Å². The Morgan fingerprint density at radius 3 is 2.81 bits per heavy atom. The van der Waals surface area contributed by atoms with Crippen molar-refractivity contribution in [1.82, 2.24) is 9.80 Å². The van der Waals surface area contributed by atoms with Gasteiger partial charge in [0.2, 0.25) is 5.91 Å². The maximum Gasteiger partial charge on any atom is 0.219 e. The molecular weight excluding hydrogens is 340 g/mol. The lowest BCUT2D eigenvalue weighted by atomic mass is 9.92. The van der Waals surface area contributed by atoms with Gasteiger partial charge >= 0.3 is 0 Å². The molecule has 5 heteroatoms. The molecule has 0 saturated carbocycles. The summed E-state index contributed by atoms with van der Waals surface area (Å²) in [5.74, 6) is 3.41. The molecule has 2 aliphatic rings. The monoisotopic (exact) mass is 368 g/mol. The van der Waals surface area contributed by atoms with Crippen molar-refractivity contribution in [2.24, 2.45) is 5.92 Å². The Bertz CT molecular complexity index is 800. The first-order chi connectivity index (χ1) is 13.1. The zero-order chi connectivity index (χ0) is 18.8. The minimum Gasteiger partial charge on any atom is -0.488 e. The lowest BCUT2D eigenvalue weighted by molar-refractivity contribution is -0.130. The van der Waals surface area contributed by atoms with E-state index in [4.69, 9.17) is 9.15 Å². The number of fused-ring (bicyclic) bond motifs is 1. The van der Waals surface area contributed by atoms with Crippen molar-refractivity contribution in [1.29, 1.82) is 0 Å². The van der Waals surface area contributed by atoms with E-state index >= 15 is 0 Å². The summed E-state index contributed by atoms with van der Waals surface area (Å²) in [5, 5.41) is 0. The normalized spacial score (nSPS) is 23.4. The van der Waals surface area contributed by atoms with Gasteiger partial charge in [0.25, 0.3) is 0 Å². The van der Waals surface area contributed by atoms with Gasteiger partial charge in [-0.25, -0.2) is 0 Å². The number of carbonyl (C=O) groups excluding carboxylic acids is 1. The Hall–Kier alpha value is -2.27. The number of rotatable bonds is 3. The van der Waals surface area contributed by atoms with E-state index in [0.717, 1.165) is 55.3 Å². The van der Waals surface area contributed by atoms with Crippen molar-refractivity contribution >= 4 is 5.91 Å². The zero-order valence-electron chi connectivity index (χ0n) is 16.2. The highest BCUT2D eigenvalue weighted by Gasteiger charge is 2.33. The summed E-state index contributed by atoms with van der Waals surface area (Å²) < 4.78 is 12.2. The van der Waals surface area contributed by atoms with E-state index in [2.05, 4.69) is 17.0 Å². The van der Waals surface area contributed by atoms with Gasteiger partial charge in [0, 0.05) is 31.5 Å². The highest BCUT2D eigenvalue weighted by atomic mass is 16.5. The molecule has 0 radical (unpaired) electrons. The molecule has 1 aromatic carbocycles. The van der Waals surface area contributed by atoms with Gasteiger partial charge in [-0.3, -0.25) is 9.69 Å². The fraction of sp³-hybridized carbons (Fsp3) is 0.500. The smallest absolute Gasteiger partial charge is 0.219 e. The maximum atomic E-state index is 12.1. The van der Waals surface area contributed by atoms with Crippen molar-refractivity contribution in [2.45, 2.75) is 45.9 Å². The van der Waals surface area contributed by atoms with E-state index in [0.29, 0.717) is 19.0 Å². The van der Waals surface area contributed by atoms with Gasteiger partial charge in [-0.05, 0) is 44.5 Å². The van der Waals surface area contributed by atoms with Crippen LogP contribution in [0.4, 0.5) is 0 Å². The standard InChI is InChI=1S/C22H28N2O3/c1-16-9-10-20(26-16)14-23-11-5-7-18(12-23)22-15-24(17(2)25)13-19-6-3-4-8-21(19)27-22/h3-4,6,8-10,18,22H,5,7,11-15H2,1-2H3/t18-,22+/m0/s1. The van der Waals surface area contributed by atoms with Crippen LogP contribution in [-0.4, -0.2) is 41.4 Å². The van der Waals surface area contributed by atoms with Gasteiger partial charge in [0.15, 0.2) is 0 Å². The highest BCUT2D eigenvalue weighted by molar-refractivity contribution is 5.73. The van der Waals surface area contributed by atoms with Crippen LogP contribution in [0.1, 0.15) is 36.8 Å². The van der Waals surface area contributed by atoms with Crippen LogP contribution in [0.3, 0.4) is 0 Å². The van der Waals surface area contributed by atoms with Crippen LogP contribution >= 0.6 is 0 Å². The topological polar surface area (TPSA) is 45.9 Å². The Balaban J connectivity index is 1.49. The van der Waals surface area contributed by atoms with E-state index < -0.39 is 0 Å². The molecule has 2 atom stereocenters. The molecule has 2 aliphatic heterocycles. The van der Waals surface area contributed by atoms with E-state index in [9.17, 15) is 4.79 Å². The maximum absolute atomic E-state index is 12.1. The van der Waals surface area contributed by atoms with Crippen LogP contribution in [0.25, 0.3) is 0 Å². The number of aryl methyl sites for hydroxylation is 1. The van der Waals surface area contributed by atoms with Gasteiger partial charge < -0.3 is 14.1 Å². The Morgan fingerprint density at radius 1 is 1.19 bits per heavy atom. The van der Waals surface area contributed by atoms with Gasteiger partial charge in [-0.15, -0.1) is 0 Å². The lowest BCUT2D eigenvalue weighted by Crippen LogP contribution is -2.46. The van der Waals surface area contributed by atoms with Crippen molar-refractivity contribution in [3.8, 4) is 5.75 Å². The molecule has 0 unspecified atom stereocenters. The van der Waals surface area contributed by atoms with Crippen molar-refractivity contribution < 1.29 is 13.9 Å². The van der Waals surface area contributed by atoms with Crippen molar-refractivity contribution in [3.05, 3.63) is 53.5 Å².